The quantitative estimate of drug-likeness (QED) is 0.813. The van der Waals surface area contributed by atoms with Crippen LogP contribution in [0.1, 0.15) is 37.6 Å². The maximum Gasteiger partial charge on any atom is 0.226 e. The second-order valence-corrected chi connectivity index (χ2v) is 7.08. The highest BCUT2D eigenvalue weighted by atomic mass is 35.5. The van der Waals surface area contributed by atoms with Crippen LogP contribution in [0.4, 0.5) is 5.69 Å². The van der Waals surface area contributed by atoms with Crippen LogP contribution in [-0.2, 0) is 4.79 Å². The summed E-state index contributed by atoms with van der Waals surface area (Å²) in [5, 5.41) is 6.44. The summed E-state index contributed by atoms with van der Waals surface area (Å²) in [6, 6.07) is 7.66. The highest BCUT2D eigenvalue weighted by Gasteiger charge is 2.22. The summed E-state index contributed by atoms with van der Waals surface area (Å²) in [6.45, 7) is 8.12. The van der Waals surface area contributed by atoms with Gasteiger partial charge in [0.25, 0.3) is 0 Å². The number of amides is 1. The number of oxazole rings is 1. The molecule has 2 N–H and O–H groups in total. The molecule has 0 saturated carbocycles. The molecule has 1 aliphatic rings. The Kier molecular flexibility index (Phi) is 7.23. The van der Waals surface area contributed by atoms with Crippen LogP contribution in [0.25, 0.3) is 11.5 Å². The first-order valence-electron chi connectivity index (χ1n) is 9.08. The fourth-order valence-corrected chi connectivity index (χ4v) is 3.36. The van der Waals surface area contributed by atoms with E-state index in [4.69, 9.17) is 4.42 Å². The SMILES string of the molecule is Cc1nc(-c2cccc(NC(=O)CC(C)C3CCCNC3)c2)oc1C.Cl. The number of halogens is 1. The van der Waals surface area contributed by atoms with Crippen LogP contribution >= 0.6 is 12.4 Å². The van der Waals surface area contributed by atoms with Crippen LogP contribution < -0.4 is 10.6 Å². The molecule has 0 spiro atoms. The topological polar surface area (TPSA) is 67.2 Å². The van der Waals surface area contributed by atoms with Crippen LogP contribution in [0, 0.1) is 25.7 Å². The molecule has 142 valence electrons. The van der Waals surface area contributed by atoms with Crippen molar-refractivity contribution in [3.8, 4) is 11.5 Å². The second-order valence-electron chi connectivity index (χ2n) is 7.08. The van der Waals surface area contributed by atoms with Gasteiger partial charge < -0.3 is 15.1 Å². The number of nitrogens with zero attached hydrogens (tertiary/aromatic N) is 1. The van der Waals surface area contributed by atoms with Gasteiger partial charge in [-0.05, 0) is 69.8 Å². The van der Waals surface area contributed by atoms with Gasteiger partial charge in [0, 0.05) is 17.7 Å². The third-order valence-electron chi connectivity index (χ3n) is 5.07. The molecule has 1 aliphatic heterocycles. The molecule has 0 aliphatic carbocycles. The zero-order valence-electron chi connectivity index (χ0n) is 15.7. The summed E-state index contributed by atoms with van der Waals surface area (Å²) in [7, 11) is 0. The minimum absolute atomic E-state index is 0. The molecule has 1 amide bonds. The first-order chi connectivity index (χ1) is 12.0. The number of nitrogens with one attached hydrogen (secondary N) is 2. The van der Waals surface area contributed by atoms with Gasteiger partial charge >= 0.3 is 0 Å². The molecule has 1 aromatic carbocycles. The Bertz CT molecular complexity index is 719. The molecule has 2 heterocycles. The van der Waals surface area contributed by atoms with Crippen LogP contribution in [0.5, 0.6) is 0 Å². The number of benzene rings is 1. The highest BCUT2D eigenvalue weighted by molar-refractivity contribution is 5.91. The molecule has 5 nitrogen and oxygen atoms in total. The zero-order chi connectivity index (χ0) is 17.8. The van der Waals surface area contributed by atoms with Crippen molar-refractivity contribution in [1.82, 2.24) is 10.3 Å². The van der Waals surface area contributed by atoms with E-state index < -0.39 is 0 Å². The molecule has 0 radical (unpaired) electrons. The van der Waals surface area contributed by atoms with E-state index >= 15 is 0 Å². The first-order valence-corrected chi connectivity index (χ1v) is 9.08. The highest BCUT2D eigenvalue weighted by Crippen LogP contribution is 2.25. The van der Waals surface area contributed by atoms with E-state index in [2.05, 4.69) is 22.5 Å². The Morgan fingerprint density at radius 1 is 1.42 bits per heavy atom. The van der Waals surface area contributed by atoms with Crippen molar-refractivity contribution in [3.63, 3.8) is 0 Å². The Labute approximate surface area is 161 Å². The summed E-state index contributed by atoms with van der Waals surface area (Å²) < 4.78 is 5.67. The van der Waals surface area contributed by atoms with E-state index in [1.165, 1.54) is 12.8 Å². The fourth-order valence-electron chi connectivity index (χ4n) is 3.36. The Balaban J connectivity index is 0.00000243. The summed E-state index contributed by atoms with van der Waals surface area (Å²) in [5.41, 5.74) is 2.54. The standard InChI is InChI=1S/C20H27N3O2.ClH/c1-13(17-7-5-9-21-12-17)10-19(24)23-18-8-4-6-16(11-18)20-22-14(2)15(3)25-20;/h4,6,8,11,13,17,21H,5,7,9-10,12H2,1-3H3,(H,23,24);1H. The van der Waals surface area contributed by atoms with Gasteiger partial charge in [0.2, 0.25) is 11.8 Å². The van der Waals surface area contributed by atoms with Gasteiger partial charge in [-0.15, -0.1) is 12.4 Å². The van der Waals surface area contributed by atoms with E-state index in [1.807, 2.05) is 38.1 Å². The van der Waals surface area contributed by atoms with Gasteiger partial charge in [-0.1, -0.05) is 13.0 Å². The third kappa shape index (κ3) is 5.08. The Hall–Kier alpha value is -1.85. The van der Waals surface area contributed by atoms with Gasteiger partial charge in [-0.3, -0.25) is 4.79 Å². The minimum Gasteiger partial charge on any atom is -0.441 e. The lowest BCUT2D eigenvalue weighted by Gasteiger charge is -2.28. The van der Waals surface area contributed by atoms with E-state index in [0.29, 0.717) is 24.1 Å². The summed E-state index contributed by atoms with van der Waals surface area (Å²) >= 11 is 0. The number of hydrogen-bond acceptors (Lipinski definition) is 4. The largest absolute Gasteiger partial charge is 0.441 e. The summed E-state index contributed by atoms with van der Waals surface area (Å²) in [4.78, 5) is 16.8. The molecule has 3 rings (SSSR count). The predicted molar refractivity (Wildman–Crippen MR) is 107 cm³/mol. The monoisotopic (exact) mass is 377 g/mol. The normalized spacial score (nSPS) is 18.0. The van der Waals surface area contributed by atoms with Gasteiger partial charge in [0.1, 0.15) is 5.76 Å². The maximum absolute atomic E-state index is 12.4. The lowest BCUT2D eigenvalue weighted by Crippen LogP contribution is -2.34. The average molecular weight is 378 g/mol. The number of carbonyl (C=O) groups is 1. The number of carbonyl (C=O) groups excluding carboxylic acids is 1. The van der Waals surface area contributed by atoms with Crippen molar-refractivity contribution in [2.24, 2.45) is 11.8 Å². The molecule has 1 saturated heterocycles. The third-order valence-corrected chi connectivity index (χ3v) is 5.07. The molecule has 0 bridgehead atoms. The van der Waals surface area contributed by atoms with E-state index in [1.54, 1.807) is 0 Å². The predicted octanol–water partition coefficient (Wildman–Crippen LogP) is 4.34. The number of anilines is 1. The van der Waals surface area contributed by atoms with E-state index in [9.17, 15) is 4.79 Å². The van der Waals surface area contributed by atoms with Gasteiger partial charge in [0.15, 0.2) is 0 Å². The average Bonchev–Trinajstić information content (AvgIpc) is 2.95. The first kappa shape index (κ1) is 20.5. The number of aromatic nitrogens is 1. The zero-order valence-corrected chi connectivity index (χ0v) is 16.5. The van der Waals surface area contributed by atoms with Crippen molar-refractivity contribution >= 4 is 24.0 Å². The van der Waals surface area contributed by atoms with Crippen molar-refractivity contribution in [2.45, 2.75) is 40.0 Å². The molecule has 2 aromatic rings. The van der Waals surface area contributed by atoms with Crippen LogP contribution in [-0.4, -0.2) is 24.0 Å². The lowest BCUT2D eigenvalue weighted by atomic mass is 9.85. The maximum atomic E-state index is 12.4. The van der Waals surface area contributed by atoms with Gasteiger partial charge in [-0.2, -0.15) is 0 Å². The Morgan fingerprint density at radius 2 is 2.23 bits per heavy atom. The number of piperidine rings is 1. The second kappa shape index (κ2) is 9.19. The lowest BCUT2D eigenvalue weighted by molar-refractivity contribution is -0.117. The summed E-state index contributed by atoms with van der Waals surface area (Å²) in [5.74, 6) is 2.44. The molecular weight excluding hydrogens is 350 g/mol. The Morgan fingerprint density at radius 3 is 2.88 bits per heavy atom. The minimum atomic E-state index is 0. The number of rotatable bonds is 5. The molecular formula is C20H28ClN3O2. The van der Waals surface area contributed by atoms with Crippen molar-refractivity contribution in [2.75, 3.05) is 18.4 Å². The number of aryl methyl sites for hydroxylation is 2. The van der Waals surface area contributed by atoms with Crippen molar-refractivity contribution in [1.29, 1.82) is 0 Å². The molecule has 26 heavy (non-hydrogen) atoms. The molecule has 2 unspecified atom stereocenters. The molecule has 1 fully saturated rings. The van der Waals surface area contributed by atoms with Crippen LogP contribution in [0.15, 0.2) is 28.7 Å². The van der Waals surface area contributed by atoms with Crippen molar-refractivity contribution < 1.29 is 9.21 Å². The number of hydrogen-bond donors (Lipinski definition) is 2. The fraction of sp³-hybridized carbons (Fsp3) is 0.500. The van der Waals surface area contributed by atoms with E-state index in [0.717, 1.165) is 35.8 Å². The van der Waals surface area contributed by atoms with E-state index in [-0.39, 0.29) is 18.3 Å². The van der Waals surface area contributed by atoms with Crippen LogP contribution in [0.3, 0.4) is 0 Å². The van der Waals surface area contributed by atoms with Gasteiger partial charge in [0.05, 0.1) is 5.69 Å². The molecule has 1 aromatic heterocycles. The van der Waals surface area contributed by atoms with Crippen molar-refractivity contribution in [3.05, 3.63) is 35.7 Å². The van der Waals surface area contributed by atoms with Crippen LogP contribution in [0.2, 0.25) is 0 Å². The van der Waals surface area contributed by atoms with Gasteiger partial charge in [-0.25, -0.2) is 4.98 Å². The smallest absolute Gasteiger partial charge is 0.226 e. The molecule has 6 heteroatoms. The molecule has 2 atom stereocenters. The summed E-state index contributed by atoms with van der Waals surface area (Å²) in [6.07, 6.45) is 2.96.